The van der Waals surface area contributed by atoms with E-state index in [4.69, 9.17) is 14.2 Å². The molecule has 0 rings (SSSR count). The smallest absolute Gasteiger partial charge is 0.306 e. The number of hydrogen-bond donors (Lipinski definition) is 0. The maximum absolute atomic E-state index is 12.9. The third-order valence-corrected chi connectivity index (χ3v) is 14.3. The Balaban J connectivity index is 4.23. The highest BCUT2D eigenvalue weighted by Crippen LogP contribution is 2.17. The van der Waals surface area contributed by atoms with Gasteiger partial charge < -0.3 is 14.2 Å². The average Bonchev–Trinajstić information content (AvgIpc) is 3.43. The van der Waals surface area contributed by atoms with Gasteiger partial charge in [0.1, 0.15) is 13.2 Å². The zero-order chi connectivity index (χ0) is 55.7. The Morgan fingerprint density at radius 1 is 0.273 bits per heavy atom. The van der Waals surface area contributed by atoms with Gasteiger partial charge in [-0.15, -0.1) is 0 Å². The minimum Gasteiger partial charge on any atom is -0.462 e. The van der Waals surface area contributed by atoms with E-state index in [0.717, 1.165) is 128 Å². The van der Waals surface area contributed by atoms with Crippen molar-refractivity contribution < 1.29 is 28.6 Å². The fourth-order valence-electron chi connectivity index (χ4n) is 9.41. The summed E-state index contributed by atoms with van der Waals surface area (Å²) in [6.07, 6.45) is 86.1. The molecule has 444 valence electrons. The molecule has 6 heteroatoms. The highest BCUT2D eigenvalue weighted by Gasteiger charge is 2.19. The van der Waals surface area contributed by atoms with E-state index in [0.29, 0.717) is 19.3 Å². The van der Waals surface area contributed by atoms with Gasteiger partial charge in [0.05, 0.1) is 0 Å². The molecule has 0 spiro atoms. The van der Waals surface area contributed by atoms with E-state index in [2.05, 4.69) is 106 Å². The first-order valence-electron chi connectivity index (χ1n) is 33.1. The van der Waals surface area contributed by atoms with Crippen LogP contribution in [0.25, 0.3) is 0 Å². The fourth-order valence-corrected chi connectivity index (χ4v) is 9.41. The topological polar surface area (TPSA) is 78.9 Å². The number of hydrogen-bond acceptors (Lipinski definition) is 6. The maximum atomic E-state index is 12.9. The average molecular weight is 1070 g/mol. The van der Waals surface area contributed by atoms with Crippen LogP contribution in [0.15, 0.2) is 85.1 Å². The molecular weight excluding hydrogens is 949 g/mol. The van der Waals surface area contributed by atoms with E-state index in [1.165, 1.54) is 161 Å². The second-order valence-electron chi connectivity index (χ2n) is 22.0. The van der Waals surface area contributed by atoms with Gasteiger partial charge in [-0.3, -0.25) is 14.4 Å². The van der Waals surface area contributed by atoms with Crippen LogP contribution in [0.1, 0.15) is 329 Å². The summed E-state index contributed by atoms with van der Waals surface area (Å²) in [6.45, 7) is 6.46. The van der Waals surface area contributed by atoms with E-state index in [1.54, 1.807) is 0 Å². The van der Waals surface area contributed by atoms with Gasteiger partial charge in [-0.25, -0.2) is 0 Å². The number of ether oxygens (including phenoxy) is 3. The summed E-state index contributed by atoms with van der Waals surface area (Å²) in [5.41, 5.74) is 0. The van der Waals surface area contributed by atoms with Gasteiger partial charge in [-0.1, -0.05) is 286 Å². The minimum absolute atomic E-state index is 0.0894. The van der Waals surface area contributed by atoms with Crippen LogP contribution in [-0.2, 0) is 28.6 Å². The van der Waals surface area contributed by atoms with Crippen LogP contribution in [-0.4, -0.2) is 37.2 Å². The lowest BCUT2D eigenvalue weighted by atomic mass is 10.0. The van der Waals surface area contributed by atoms with Crippen LogP contribution >= 0.6 is 0 Å². The highest BCUT2D eigenvalue weighted by atomic mass is 16.6. The normalized spacial score (nSPS) is 12.6. The van der Waals surface area contributed by atoms with Gasteiger partial charge in [-0.2, -0.15) is 0 Å². The molecule has 0 radical (unpaired) electrons. The second-order valence-corrected chi connectivity index (χ2v) is 22.0. The summed E-state index contributed by atoms with van der Waals surface area (Å²) in [6, 6.07) is 0. The molecule has 6 nitrogen and oxygen atoms in total. The van der Waals surface area contributed by atoms with E-state index in [1.807, 2.05) is 0 Å². The fraction of sp³-hybridized carbons (Fsp3) is 0.761. The Morgan fingerprint density at radius 3 is 0.857 bits per heavy atom. The molecule has 0 N–H and O–H groups in total. The van der Waals surface area contributed by atoms with Crippen molar-refractivity contribution in [3.63, 3.8) is 0 Å². The first-order chi connectivity index (χ1) is 38.0. The number of carbonyl (C=O) groups is 3. The third kappa shape index (κ3) is 63.3. The lowest BCUT2D eigenvalue weighted by Gasteiger charge is -2.18. The van der Waals surface area contributed by atoms with Crippen LogP contribution in [0.3, 0.4) is 0 Å². The summed E-state index contributed by atoms with van der Waals surface area (Å²) in [4.78, 5) is 38.3. The van der Waals surface area contributed by atoms with Crippen molar-refractivity contribution in [1.29, 1.82) is 0 Å². The van der Waals surface area contributed by atoms with Crippen molar-refractivity contribution in [3.8, 4) is 0 Å². The van der Waals surface area contributed by atoms with E-state index >= 15 is 0 Å². The van der Waals surface area contributed by atoms with Crippen molar-refractivity contribution in [3.05, 3.63) is 85.1 Å². The van der Waals surface area contributed by atoms with Crippen molar-refractivity contribution in [2.75, 3.05) is 13.2 Å². The lowest BCUT2D eigenvalue weighted by molar-refractivity contribution is -0.167. The van der Waals surface area contributed by atoms with E-state index in [9.17, 15) is 14.4 Å². The lowest BCUT2D eigenvalue weighted by Crippen LogP contribution is -2.30. The molecule has 0 amide bonds. The molecule has 0 bridgehead atoms. The summed E-state index contributed by atoms with van der Waals surface area (Å²) in [5, 5.41) is 0. The molecule has 1 atom stereocenters. The standard InChI is InChI=1S/C71H124O6/c1-4-7-10-13-16-19-22-25-27-29-30-31-32-33-34-35-36-37-38-39-40-42-43-46-49-52-55-58-61-64-70(73)76-67-68(66-75-69(72)63-60-57-54-51-48-45-24-21-18-15-12-9-6-3)77-71(74)65-62-59-56-53-50-47-44-41-28-26-23-20-17-14-11-8-5-2/h8,11-12,15,17,20-21,24,26,28-30,44,47,68H,4-7,9-10,13-14,16,18-19,22-23,25,27,31-43,45-46,48-67H2,1-3H3/b11-8-,15-12-,20-17-,24-21-,28-26-,30-29-,47-44-. The molecule has 0 fully saturated rings. The first kappa shape index (κ1) is 73.6. The summed E-state index contributed by atoms with van der Waals surface area (Å²) < 4.78 is 16.9. The predicted octanol–water partition coefficient (Wildman–Crippen LogP) is 22.7. The monoisotopic (exact) mass is 1070 g/mol. The quantitative estimate of drug-likeness (QED) is 0.0261. The third-order valence-electron chi connectivity index (χ3n) is 14.3. The molecule has 0 aliphatic rings. The highest BCUT2D eigenvalue weighted by molar-refractivity contribution is 5.71. The predicted molar refractivity (Wildman–Crippen MR) is 334 cm³/mol. The zero-order valence-electron chi connectivity index (χ0n) is 51.0. The molecular formula is C71H124O6. The van der Waals surface area contributed by atoms with Gasteiger partial charge in [0.25, 0.3) is 0 Å². The molecule has 0 aromatic carbocycles. The van der Waals surface area contributed by atoms with E-state index in [-0.39, 0.29) is 31.1 Å². The van der Waals surface area contributed by atoms with Gasteiger partial charge in [-0.05, 0) is 109 Å². The summed E-state index contributed by atoms with van der Waals surface area (Å²) in [5.74, 6) is -0.917. The van der Waals surface area contributed by atoms with Crippen molar-refractivity contribution in [1.82, 2.24) is 0 Å². The first-order valence-corrected chi connectivity index (χ1v) is 33.1. The summed E-state index contributed by atoms with van der Waals surface area (Å²) in [7, 11) is 0. The Labute approximate surface area is 477 Å². The molecule has 77 heavy (non-hydrogen) atoms. The Morgan fingerprint density at radius 2 is 0.532 bits per heavy atom. The van der Waals surface area contributed by atoms with Gasteiger partial charge in [0.15, 0.2) is 6.10 Å². The van der Waals surface area contributed by atoms with Crippen LogP contribution in [0.5, 0.6) is 0 Å². The molecule has 0 aromatic heterocycles. The number of carbonyl (C=O) groups excluding carboxylic acids is 3. The van der Waals surface area contributed by atoms with Gasteiger partial charge in [0.2, 0.25) is 0 Å². The largest absolute Gasteiger partial charge is 0.462 e. The minimum atomic E-state index is -0.796. The molecule has 0 saturated carbocycles. The van der Waals surface area contributed by atoms with Crippen LogP contribution in [0, 0.1) is 0 Å². The zero-order valence-corrected chi connectivity index (χ0v) is 51.0. The molecule has 0 aliphatic heterocycles. The van der Waals surface area contributed by atoms with Crippen molar-refractivity contribution in [2.24, 2.45) is 0 Å². The SMILES string of the molecule is CC/C=C\C/C=C\C/C=C\C/C=C\CCCCCCC(=O)OC(COC(=O)CCCCCCC/C=C\C/C=C\CCC)COC(=O)CCCCCCCCCCCCCCCCCCC/C=C\CCCCCCCCCC. The molecule has 0 aliphatic carbocycles. The van der Waals surface area contributed by atoms with E-state index < -0.39 is 6.10 Å². The summed E-state index contributed by atoms with van der Waals surface area (Å²) >= 11 is 0. The van der Waals surface area contributed by atoms with Crippen molar-refractivity contribution in [2.45, 2.75) is 335 Å². The number of unbranched alkanes of at least 4 members (excludes halogenated alkanes) is 35. The maximum Gasteiger partial charge on any atom is 0.306 e. The molecule has 0 heterocycles. The Kier molecular flexibility index (Phi) is 62.2. The van der Waals surface area contributed by atoms with Crippen LogP contribution in [0.2, 0.25) is 0 Å². The van der Waals surface area contributed by atoms with Crippen LogP contribution < -0.4 is 0 Å². The molecule has 1 unspecified atom stereocenters. The number of rotatable bonds is 60. The second kappa shape index (κ2) is 65.1. The van der Waals surface area contributed by atoms with Crippen LogP contribution in [0.4, 0.5) is 0 Å². The van der Waals surface area contributed by atoms with Gasteiger partial charge >= 0.3 is 17.9 Å². The number of allylic oxidation sites excluding steroid dienone is 14. The Hall–Kier alpha value is -3.41. The number of esters is 3. The Bertz CT molecular complexity index is 1470. The van der Waals surface area contributed by atoms with Crippen molar-refractivity contribution >= 4 is 17.9 Å². The van der Waals surface area contributed by atoms with Gasteiger partial charge in [0, 0.05) is 19.3 Å². The molecule has 0 aromatic rings. The molecule has 0 saturated heterocycles.